The van der Waals surface area contributed by atoms with Crippen molar-refractivity contribution in [2.24, 2.45) is 10.2 Å². The summed E-state index contributed by atoms with van der Waals surface area (Å²) in [5.41, 5.74) is 0.0180. The lowest BCUT2D eigenvalue weighted by Gasteiger charge is -2.03. The van der Waals surface area contributed by atoms with Crippen LogP contribution in [0.5, 0.6) is 5.75 Å². The van der Waals surface area contributed by atoms with Gasteiger partial charge in [-0.05, 0) is 18.2 Å². The zero-order valence-corrected chi connectivity index (χ0v) is 12.9. The Morgan fingerprint density at radius 3 is 2.80 bits per heavy atom. The van der Waals surface area contributed by atoms with Crippen LogP contribution in [-0.4, -0.2) is 32.5 Å². The van der Waals surface area contributed by atoms with E-state index in [1.807, 2.05) is 0 Å². The van der Waals surface area contributed by atoms with Crippen LogP contribution in [0.15, 0.2) is 52.8 Å². The van der Waals surface area contributed by atoms with E-state index in [0.29, 0.717) is 5.65 Å². The third kappa shape index (κ3) is 3.00. The molecule has 10 nitrogen and oxygen atoms in total. The number of pyridine rings is 1. The second-order valence-electron chi connectivity index (χ2n) is 4.83. The molecule has 126 valence electrons. The van der Waals surface area contributed by atoms with Gasteiger partial charge in [0, 0.05) is 18.3 Å². The molecule has 0 spiro atoms. The molecule has 10 heteroatoms. The fourth-order valence-electron chi connectivity index (χ4n) is 2.19. The van der Waals surface area contributed by atoms with Gasteiger partial charge in [0.2, 0.25) is 0 Å². The summed E-state index contributed by atoms with van der Waals surface area (Å²) in [6.07, 6.45) is 1.59. The minimum atomic E-state index is -1.26. The van der Waals surface area contributed by atoms with Crippen molar-refractivity contribution in [1.29, 1.82) is 0 Å². The molecule has 0 bridgehead atoms. The van der Waals surface area contributed by atoms with Gasteiger partial charge in [-0.2, -0.15) is 0 Å². The minimum Gasteiger partial charge on any atom is -0.494 e. The van der Waals surface area contributed by atoms with E-state index >= 15 is 0 Å². The summed E-state index contributed by atoms with van der Waals surface area (Å²) >= 11 is 0. The van der Waals surface area contributed by atoms with E-state index in [9.17, 15) is 20.0 Å². The highest BCUT2D eigenvalue weighted by molar-refractivity contribution is 5.91. The number of hydrogen-bond acceptors (Lipinski definition) is 7. The number of methoxy groups -OCH3 is 1. The average molecular weight is 341 g/mol. The molecule has 0 radical (unpaired) electrons. The smallest absolute Gasteiger partial charge is 0.358 e. The van der Waals surface area contributed by atoms with Gasteiger partial charge in [-0.3, -0.25) is 14.5 Å². The van der Waals surface area contributed by atoms with Gasteiger partial charge in [-0.15, -0.1) is 10.2 Å². The van der Waals surface area contributed by atoms with Crippen LogP contribution in [0, 0.1) is 10.1 Å². The predicted octanol–water partition coefficient (Wildman–Crippen LogP) is 3.36. The molecule has 0 amide bonds. The van der Waals surface area contributed by atoms with Crippen LogP contribution in [0.3, 0.4) is 0 Å². The van der Waals surface area contributed by atoms with Gasteiger partial charge >= 0.3 is 5.97 Å². The Morgan fingerprint density at radius 1 is 1.32 bits per heavy atom. The van der Waals surface area contributed by atoms with Crippen LogP contribution in [0.4, 0.5) is 17.2 Å². The monoisotopic (exact) mass is 341 g/mol. The molecule has 0 aliphatic rings. The summed E-state index contributed by atoms with van der Waals surface area (Å²) in [4.78, 5) is 25.7. The number of hydrogen-bond donors (Lipinski definition) is 1. The van der Waals surface area contributed by atoms with Gasteiger partial charge in [-0.1, -0.05) is 6.07 Å². The number of carboxylic acid groups (broad SMARTS) is 1. The Bertz CT molecular complexity index is 1010. The summed E-state index contributed by atoms with van der Waals surface area (Å²) < 4.78 is 6.56. The van der Waals surface area contributed by atoms with Crippen LogP contribution in [-0.2, 0) is 0 Å². The van der Waals surface area contributed by atoms with Crippen LogP contribution in [0.1, 0.15) is 10.5 Å². The normalized spacial score (nSPS) is 11.1. The van der Waals surface area contributed by atoms with Crippen molar-refractivity contribution in [2.45, 2.75) is 0 Å². The van der Waals surface area contributed by atoms with Crippen molar-refractivity contribution in [1.82, 2.24) is 9.38 Å². The fraction of sp³-hybridized carbons (Fsp3) is 0.0667. The molecule has 1 N–H and O–H groups in total. The Hall–Kier alpha value is -3.82. The van der Waals surface area contributed by atoms with Crippen molar-refractivity contribution in [3.05, 3.63) is 58.4 Å². The molecule has 0 unspecified atom stereocenters. The van der Waals surface area contributed by atoms with Gasteiger partial charge < -0.3 is 9.84 Å². The lowest BCUT2D eigenvalue weighted by molar-refractivity contribution is -0.384. The standard InChI is InChI=1S/C15H11N5O5/c1-25-11-6-5-9(20(23)24)8-10(11)17-18-14-13(15(21)22)16-12-4-2-3-7-19(12)14/h2-8H,1H3,(H,21,22). The molecule has 3 aromatic rings. The zero-order valence-electron chi connectivity index (χ0n) is 12.9. The molecule has 3 rings (SSSR count). The first-order chi connectivity index (χ1) is 12.0. The second-order valence-corrected chi connectivity index (χ2v) is 4.83. The van der Waals surface area contributed by atoms with Crippen molar-refractivity contribution in [3.63, 3.8) is 0 Å². The number of benzene rings is 1. The minimum absolute atomic E-state index is 0.00309. The third-order valence-corrected chi connectivity index (χ3v) is 3.33. The van der Waals surface area contributed by atoms with E-state index in [-0.39, 0.29) is 28.6 Å². The SMILES string of the molecule is COc1ccc([N+](=O)[O-])cc1N=Nc1c(C(=O)O)nc2ccccn12. The summed E-state index contributed by atoms with van der Waals surface area (Å²) in [5, 5.41) is 28.1. The predicted molar refractivity (Wildman–Crippen MR) is 86.0 cm³/mol. The molecule has 25 heavy (non-hydrogen) atoms. The topological polar surface area (TPSA) is 132 Å². The number of non-ortho nitro benzene ring substituents is 1. The highest BCUT2D eigenvalue weighted by Crippen LogP contribution is 2.33. The number of ether oxygens (including phenoxy) is 1. The number of nitro benzene ring substituents is 1. The molecule has 0 fully saturated rings. The molecule has 2 aromatic heterocycles. The van der Waals surface area contributed by atoms with Crippen molar-refractivity contribution < 1.29 is 19.6 Å². The van der Waals surface area contributed by atoms with E-state index in [1.54, 1.807) is 24.4 Å². The van der Waals surface area contributed by atoms with E-state index in [2.05, 4.69) is 15.2 Å². The Labute approximate surface area is 140 Å². The molecule has 0 atom stereocenters. The quantitative estimate of drug-likeness (QED) is 0.430. The molecule has 0 aliphatic carbocycles. The van der Waals surface area contributed by atoms with E-state index in [1.165, 1.54) is 29.7 Å². The van der Waals surface area contributed by atoms with Crippen LogP contribution < -0.4 is 4.74 Å². The largest absolute Gasteiger partial charge is 0.494 e. The van der Waals surface area contributed by atoms with Crippen LogP contribution in [0.2, 0.25) is 0 Å². The first-order valence-electron chi connectivity index (χ1n) is 6.96. The average Bonchev–Trinajstić information content (AvgIpc) is 2.98. The summed E-state index contributed by atoms with van der Waals surface area (Å²) in [6.45, 7) is 0. The number of carbonyl (C=O) groups is 1. The van der Waals surface area contributed by atoms with Crippen LogP contribution >= 0.6 is 0 Å². The molecule has 1 aromatic carbocycles. The highest BCUT2D eigenvalue weighted by Gasteiger charge is 2.18. The summed E-state index contributed by atoms with van der Waals surface area (Å²) in [7, 11) is 1.39. The number of imidazole rings is 1. The summed E-state index contributed by atoms with van der Waals surface area (Å²) in [6, 6.07) is 8.87. The number of aromatic nitrogens is 2. The number of rotatable bonds is 5. The zero-order chi connectivity index (χ0) is 18.0. The molecular weight excluding hydrogens is 330 g/mol. The van der Waals surface area contributed by atoms with Crippen molar-refractivity contribution in [3.8, 4) is 5.75 Å². The molecule has 0 aliphatic heterocycles. The van der Waals surface area contributed by atoms with Crippen molar-refractivity contribution >= 4 is 28.8 Å². The number of carboxylic acids is 1. The maximum atomic E-state index is 11.4. The maximum absolute atomic E-state index is 11.4. The first-order valence-corrected chi connectivity index (χ1v) is 6.96. The highest BCUT2D eigenvalue weighted by atomic mass is 16.6. The van der Waals surface area contributed by atoms with Crippen LogP contribution in [0.25, 0.3) is 5.65 Å². The second kappa shape index (κ2) is 6.35. The third-order valence-electron chi connectivity index (χ3n) is 3.33. The molecule has 2 heterocycles. The Morgan fingerprint density at radius 2 is 2.12 bits per heavy atom. The first kappa shape index (κ1) is 16.1. The van der Waals surface area contributed by atoms with Gasteiger partial charge in [-0.25, -0.2) is 9.78 Å². The molecular formula is C15H11N5O5. The maximum Gasteiger partial charge on any atom is 0.358 e. The van der Waals surface area contributed by atoms with Gasteiger partial charge in [0.05, 0.1) is 12.0 Å². The molecule has 0 saturated carbocycles. The number of aromatic carboxylic acids is 1. The lowest BCUT2D eigenvalue weighted by Crippen LogP contribution is -1.96. The van der Waals surface area contributed by atoms with E-state index < -0.39 is 10.9 Å². The van der Waals surface area contributed by atoms with Gasteiger partial charge in [0.25, 0.3) is 5.69 Å². The van der Waals surface area contributed by atoms with E-state index in [0.717, 1.165) is 0 Å². The fourth-order valence-corrected chi connectivity index (χ4v) is 2.19. The van der Waals surface area contributed by atoms with Gasteiger partial charge in [0.15, 0.2) is 11.5 Å². The number of fused-ring (bicyclic) bond motifs is 1. The van der Waals surface area contributed by atoms with E-state index in [4.69, 9.17) is 4.74 Å². The Kier molecular flexibility index (Phi) is 4.08. The van der Waals surface area contributed by atoms with Gasteiger partial charge in [0.1, 0.15) is 17.1 Å². The Balaban J connectivity index is 2.12. The summed E-state index contributed by atoms with van der Waals surface area (Å²) in [5.74, 6) is -1.000. The molecule has 0 saturated heterocycles. The number of nitrogens with zero attached hydrogens (tertiary/aromatic N) is 5. The van der Waals surface area contributed by atoms with Crippen molar-refractivity contribution in [2.75, 3.05) is 7.11 Å². The number of nitro groups is 1. The number of azo groups is 1. The lowest BCUT2D eigenvalue weighted by atomic mass is 10.2.